The Bertz CT molecular complexity index is 954. The molecule has 0 aromatic heterocycles. The number of hydrogen-bond donors (Lipinski definition) is 1. The Hall–Kier alpha value is -2.50. The summed E-state index contributed by atoms with van der Waals surface area (Å²) in [5.41, 5.74) is 2.76. The lowest BCUT2D eigenvalue weighted by atomic mass is 10.1. The van der Waals surface area contributed by atoms with Gasteiger partial charge in [-0.2, -0.15) is 0 Å². The number of benzene rings is 2. The summed E-state index contributed by atoms with van der Waals surface area (Å²) in [7, 11) is 1.49. The average Bonchev–Trinajstić information content (AvgIpc) is 2.79. The molecule has 0 bridgehead atoms. The maximum absolute atomic E-state index is 12.9. The van der Waals surface area contributed by atoms with Gasteiger partial charge in [0.05, 0.1) is 18.5 Å². The first-order chi connectivity index (χ1) is 12.3. The second-order valence-electron chi connectivity index (χ2n) is 5.89. The molecular weight excluding hydrogens is 375 g/mol. The zero-order chi connectivity index (χ0) is 19.0. The van der Waals surface area contributed by atoms with Crippen LogP contribution >= 0.6 is 23.2 Å². The highest BCUT2D eigenvalue weighted by molar-refractivity contribution is 6.53. The molecule has 0 aliphatic carbocycles. The van der Waals surface area contributed by atoms with Crippen molar-refractivity contribution in [2.75, 3.05) is 17.3 Å². The van der Waals surface area contributed by atoms with Crippen LogP contribution in [0.1, 0.15) is 11.1 Å². The average molecular weight is 391 g/mol. The fraction of sp³-hybridized carbons (Fsp3) is 0.158. The van der Waals surface area contributed by atoms with Gasteiger partial charge in [-0.05, 0) is 43.7 Å². The van der Waals surface area contributed by atoms with Gasteiger partial charge in [0.25, 0.3) is 11.8 Å². The van der Waals surface area contributed by atoms with Gasteiger partial charge >= 0.3 is 0 Å². The third-order valence-electron chi connectivity index (χ3n) is 4.04. The van der Waals surface area contributed by atoms with Crippen molar-refractivity contribution in [3.63, 3.8) is 0 Å². The van der Waals surface area contributed by atoms with Gasteiger partial charge in [0, 0.05) is 5.02 Å². The van der Waals surface area contributed by atoms with Crippen LogP contribution in [0.25, 0.3) is 0 Å². The Morgan fingerprint density at radius 1 is 1.00 bits per heavy atom. The molecule has 3 rings (SSSR count). The van der Waals surface area contributed by atoms with Crippen LogP contribution in [0.5, 0.6) is 5.75 Å². The SMILES string of the molecule is COc1ccc(Cl)cc1NC1=C(Cl)C(=O)N(c2ccc(C)cc2C)C1=O. The number of aryl methyl sites for hydroxylation is 2. The third-order valence-corrected chi connectivity index (χ3v) is 4.63. The number of carbonyl (C=O) groups excluding carboxylic acids is 2. The molecule has 7 heteroatoms. The van der Waals surface area contributed by atoms with E-state index in [1.54, 1.807) is 24.3 Å². The number of anilines is 2. The summed E-state index contributed by atoms with van der Waals surface area (Å²) in [5, 5.41) is 3.16. The van der Waals surface area contributed by atoms with E-state index in [2.05, 4.69) is 5.32 Å². The summed E-state index contributed by atoms with van der Waals surface area (Å²) in [5.74, 6) is -0.641. The number of carbonyl (C=O) groups is 2. The van der Waals surface area contributed by atoms with Gasteiger partial charge < -0.3 is 10.1 Å². The maximum atomic E-state index is 12.9. The van der Waals surface area contributed by atoms with Crippen LogP contribution in [-0.4, -0.2) is 18.9 Å². The van der Waals surface area contributed by atoms with Crippen molar-refractivity contribution < 1.29 is 14.3 Å². The molecule has 0 atom stereocenters. The van der Waals surface area contributed by atoms with E-state index in [-0.39, 0.29) is 10.7 Å². The van der Waals surface area contributed by atoms with E-state index in [1.165, 1.54) is 7.11 Å². The summed E-state index contributed by atoms with van der Waals surface area (Å²) in [6.07, 6.45) is 0. The van der Waals surface area contributed by atoms with Crippen molar-refractivity contribution in [1.82, 2.24) is 0 Å². The summed E-state index contributed by atoms with van der Waals surface area (Å²) >= 11 is 12.2. The highest BCUT2D eigenvalue weighted by atomic mass is 35.5. The van der Waals surface area contributed by atoms with Crippen molar-refractivity contribution in [3.8, 4) is 5.75 Å². The Labute approximate surface area is 161 Å². The molecule has 134 valence electrons. The minimum atomic E-state index is -0.577. The molecule has 2 aromatic rings. The van der Waals surface area contributed by atoms with E-state index in [1.807, 2.05) is 26.0 Å². The first-order valence-corrected chi connectivity index (χ1v) is 8.55. The normalized spacial score (nSPS) is 14.3. The van der Waals surface area contributed by atoms with Crippen LogP contribution in [0.4, 0.5) is 11.4 Å². The number of amides is 2. The summed E-state index contributed by atoms with van der Waals surface area (Å²) in [6, 6.07) is 10.4. The number of imide groups is 1. The lowest BCUT2D eigenvalue weighted by molar-refractivity contribution is -0.120. The summed E-state index contributed by atoms with van der Waals surface area (Å²) < 4.78 is 5.26. The van der Waals surface area contributed by atoms with Gasteiger partial charge in [-0.1, -0.05) is 40.9 Å². The minimum absolute atomic E-state index is 0.0165. The lowest BCUT2D eigenvalue weighted by Gasteiger charge is -2.18. The second-order valence-corrected chi connectivity index (χ2v) is 6.71. The third kappa shape index (κ3) is 3.16. The molecule has 26 heavy (non-hydrogen) atoms. The zero-order valence-electron chi connectivity index (χ0n) is 14.4. The van der Waals surface area contributed by atoms with Gasteiger partial charge in [0.1, 0.15) is 16.5 Å². The Kier molecular flexibility index (Phi) is 4.94. The Morgan fingerprint density at radius 2 is 1.73 bits per heavy atom. The van der Waals surface area contributed by atoms with E-state index < -0.39 is 11.8 Å². The zero-order valence-corrected chi connectivity index (χ0v) is 15.9. The molecule has 1 aliphatic rings. The fourth-order valence-corrected chi connectivity index (χ4v) is 3.18. The van der Waals surface area contributed by atoms with E-state index in [0.29, 0.717) is 22.1 Å². The standard InChI is InChI=1S/C19H16Cl2N2O3/c1-10-4-6-14(11(2)8-10)23-18(24)16(21)17(19(23)25)22-13-9-12(20)5-7-15(13)26-3/h4-9,22H,1-3H3. The first kappa shape index (κ1) is 18.3. The minimum Gasteiger partial charge on any atom is -0.495 e. The topological polar surface area (TPSA) is 58.6 Å². The molecule has 0 fully saturated rings. The van der Waals surface area contributed by atoms with Crippen LogP contribution in [0.3, 0.4) is 0 Å². The van der Waals surface area contributed by atoms with Gasteiger partial charge in [0.15, 0.2) is 0 Å². The molecule has 2 amide bonds. The molecule has 0 unspecified atom stereocenters. The number of halogens is 2. The van der Waals surface area contributed by atoms with E-state index in [9.17, 15) is 9.59 Å². The highest BCUT2D eigenvalue weighted by Gasteiger charge is 2.39. The number of rotatable bonds is 4. The Balaban J connectivity index is 1.98. The predicted molar refractivity (Wildman–Crippen MR) is 103 cm³/mol. The Morgan fingerprint density at radius 3 is 2.38 bits per heavy atom. The number of hydrogen-bond acceptors (Lipinski definition) is 4. The molecule has 0 spiro atoms. The smallest absolute Gasteiger partial charge is 0.283 e. The molecule has 2 aromatic carbocycles. The molecule has 0 radical (unpaired) electrons. The quantitative estimate of drug-likeness (QED) is 0.785. The van der Waals surface area contributed by atoms with Crippen LogP contribution in [-0.2, 0) is 9.59 Å². The highest BCUT2D eigenvalue weighted by Crippen LogP contribution is 2.35. The molecular formula is C19H16Cl2N2O3. The lowest BCUT2D eigenvalue weighted by Crippen LogP contribution is -2.32. The largest absolute Gasteiger partial charge is 0.495 e. The number of ether oxygens (including phenoxy) is 1. The first-order valence-electron chi connectivity index (χ1n) is 7.80. The number of nitrogens with zero attached hydrogens (tertiary/aromatic N) is 1. The van der Waals surface area contributed by atoms with Gasteiger partial charge in [-0.3, -0.25) is 9.59 Å². The summed E-state index contributed by atoms with van der Waals surface area (Å²) in [4.78, 5) is 26.5. The van der Waals surface area contributed by atoms with Crippen molar-refractivity contribution in [2.45, 2.75) is 13.8 Å². The molecule has 0 saturated carbocycles. The van der Waals surface area contributed by atoms with Crippen molar-refractivity contribution >= 4 is 46.4 Å². The van der Waals surface area contributed by atoms with Crippen LogP contribution < -0.4 is 15.0 Å². The van der Waals surface area contributed by atoms with E-state index >= 15 is 0 Å². The van der Waals surface area contributed by atoms with Crippen LogP contribution in [0.2, 0.25) is 5.02 Å². The van der Waals surface area contributed by atoms with Gasteiger partial charge in [-0.15, -0.1) is 0 Å². The van der Waals surface area contributed by atoms with Crippen molar-refractivity contribution in [3.05, 3.63) is 63.3 Å². The number of nitrogens with one attached hydrogen (secondary N) is 1. The maximum Gasteiger partial charge on any atom is 0.283 e. The van der Waals surface area contributed by atoms with Gasteiger partial charge in [-0.25, -0.2) is 4.90 Å². The fourth-order valence-electron chi connectivity index (χ4n) is 2.80. The van der Waals surface area contributed by atoms with E-state index in [0.717, 1.165) is 16.0 Å². The van der Waals surface area contributed by atoms with E-state index in [4.69, 9.17) is 27.9 Å². The van der Waals surface area contributed by atoms with Gasteiger partial charge in [0.2, 0.25) is 0 Å². The van der Waals surface area contributed by atoms with Crippen molar-refractivity contribution in [1.29, 1.82) is 0 Å². The number of methoxy groups -OCH3 is 1. The predicted octanol–water partition coefficient (Wildman–Crippen LogP) is 4.40. The second kappa shape index (κ2) is 7.02. The van der Waals surface area contributed by atoms with Crippen molar-refractivity contribution in [2.24, 2.45) is 0 Å². The molecule has 1 aliphatic heterocycles. The molecule has 1 heterocycles. The summed E-state index contributed by atoms with van der Waals surface area (Å²) in [6.45, 7) is 3.77. The molecule has 0 saturated heterocycles. The molecule has 1 N–H and O–H groups in total. The molecule has 5 nitrogen and oxygen atoms in total. The monoisotopic (exact) mass is 390 g/mol. The van der Waals surface area contributed by atoms with Crippen LogP contribution in [0, 0.1) is 13.8 Å². The van der Waals surface area contributed by atoms with Crippen LogP contribution in [0.15, 0.2) is 47.1 Å².